The number of aromatic nitrogens is 3. The molecule has 3 N–H and O–H groups in total. The van der Waals surface area contributed by atoms with Gasteiger partial charge in [0, 0.05) is 17.1 Å². The highest BCUT2D eigenvalue weighted by atomic mass is 79.9. The Morgan fingerprint density at radius 3 is 2.93 bits per heavy atom. The van der Waals surface area contributed by atoms with Crippen molar-refractivity contribution in [3.63, 3.8) is 0 Å². The molecule has 0 bridgehead atoms. The predicted octanol–water partition coefficient (Wildman–Crippen LogP) is 4.71. The largest absolute Gasteiger partial charge is 0.508 e. The molecule has 1 amide bonds. The number of aryl methyl sites for hydroxylation is 2. The Kier molecular flexibility index (Phi) is 6.03. The maximum absolute atomic E-state index is 12.6. The first-order valence-corrected chi connectivity index (χ1v) is 10.3. The van der Waals surface area contributed by atoms with Gasteiger partial charge in [0.15, 0.2) is 10.9 Å². The Bertz CT molecular complexity index is 988. The number of aromatic hydroxyl groups is 1. The lowest BCUT2D eigenvalue weighted by Gasteiger charge is -2.11. The lowest BCUT2D eigenvalue weighted by molar-refractivity contribution is 0.103. The summed E-state index contributed by atoms with van der Waals surface area (Å²) in [7, 11) is 0. The number of anilines is 3. The summed E-state index contributed by atoms with van der Waals surface area (Å²) in [4.78, 5) is 17.2. The standard InChI is InChI=1S/C17H17BrClN5O2S/c1-9-3-4-12(25)10(2)14(9)21-16(26)13-7-20-17(27-13)22-15-11(19)8-24(23-15)6-5-18/h3-4,7-8,25H,5-6H2,1-2H3,(H,21,26)(H,20,22,23). The molecule has 7 nitrogen and oxygen atoms in total. The zero-order valence-corrected chi connectivity index (χ0v) is 17.7. The smallest absolute Gasteiger partial charge is 0.267 e. The third kappa shape index (κ3) is 4.42. The summed E-state index contributed by atoms with van der Waals surface area (Å²) in [5, 5.41) is 21.8. The number of nitrogens with one attached hydrogen (secondary N) is 2. The van der Waals surface area contributed by atoms with Gasteiger partial charge in [0.2, 0.25) is 0 Å². The molecule has 0 atom stereocenters. The van der Waals surface area contributed by atoms with Crippen molar-refractivity contribution >= 4 is 61.4 Å². The zero-order valence-electron chi connectivity index (χ0n) is 14.6. The van der Waals surface area contributed by atoms with Crippen LogP contribution in [0.5, 0.6) is 5.75 Å². The number of benzene rings is 1. The molecular weight excluding hydrogens is 454 g/mol. The highest BCUT2D eigenvalue weighted by Crippen LogP contribution is 2.30. The fourth-order valence-corrected chi connectivity index (χ4v) is 3.70. The zero-order chi connectivity index (χ0) is 19.6. The molecule has 0 unspecified atom stereocenters. The number of halogens is 2. The summed E-state index contributed by atoms with van der Waals surface area (Å²) < 4.78 is 1.72. The van der Waals surface area contributed by atoms with E-state index in [0.29, 0.717) is 38.6 Å². The van der Waals surface area contributed by atoms with Gasteiger partial charge < -0.3 is 15.7 Å². The van der Waals surface area contributed by atoms with Crippen LogP contribution in [0, 0.1) is 13.8 Å². The van der Waals surface area contributed by atoms with E-state index in [1.807, 2.05) is 6.92 Å². The number of alkyl halides is 1. The van der Waals surface area contributed by atoms with Crippen LogP contribution in [0.25, 0.3) is 0 Å². The SMILES string of the molecule is Cc1ccc(O)c(C)c1NC(=O)c1cnc(Nc2nn(CCBr)cc2Cl)s1. The number of amides is 1. The molecule has 2 heterocycles. The predicted molar refractivity (Wildman–Crippen MR) is 112 cm³/mol. The molecule has 2 aromatic heterocycles. The third-order valence-corrected chi connectivity index (χ3v) is 5.41. The molecule has 1 aromatic carbocycles. The molecule has 0 saturated carbocycles. The van der Waals surface area contributed by atoms with Gasteiger partial charge in [-0.3, -0.25) is 9.48 Å². The number of rotatable bonds is 6. The molecule has 0 spiro atoms. The molecule has 0 aliphatic rings. The van der Waals surface area contributed by atoms with Crippen LogP contribution in [0.1, 0.15) is 20.8 Å². The maximum atomic E-state index is 12.6. The van der Waals surface area contributed by atoms with Crippen LogP contribution in [0.2, 0.25) is 5.02 Å². The third-order valence-electron chi connectivity index (χ3n) is 3.87. The van der Waals surface area contributed by atoms with Gasteiger partial charge in [-0.2, -0.15) is 5.10 Å². The average Bonchev–Trinajstić information content (AvgIpc) is 3.23. The Balaban J connectivity index is 1.74. The van der Waals surface area contributed by atoms with E-state index in [2.05, 4.69) is 36.6 Å². The minimum absolute atomic E-state index is 0.135. The normalized spacial score (nSPS) is 10.8. The minimum atomic E-state index is -0.298. The van der Waals surface area contributed by atoms with Crippen molar-refractivity contribution in [1.29, 1.82) is 0 Å². The van der Waals surface area contributed by atoms with Gasteiger partial charge in [0.25, 0.3) is 5.91 Å². The van der Waals surface area contributed by atoms with Crippen LogP contribution in [-0.2, 0) is 6.54 Å². The lowest BCUT2D eigenvalue weighted by Crippen LogP contribution is -2.12. The van der Waals surface area contributed by atoms with Gasteiger partial charge >= 0.3 is 0 Å². The second-order valence-corrected chi connectivity index (χ2v) is 8.02. The van der Waals surface area contributed by atoms with Gasteiger partial charge in [-0.25, -0.2) is 4.98 Å². The maximum Gasteiger partial charge on any atom is 0.267 e. The topological polar surface area (TPSA) is 92.1 Å². The summed E-state index contributed by atoms with van der Waals surface area (Å²) >= 11 is 10.7. The van der Waals surface area contributed by atoms with Crippen LogP contribution >= 0.6 is 38.9 Å². The Labute approximate surface area is 173 Å². The number of carbonyl (C=O) groups excluding carboxylic acids is 1. The first-order valence-electron chi connectivity index (χ1n) is 8.01. The number of carbonyl (C=O) groups is 1. The fraction of sp³-hybridized carbons (Fsp3) is 0.235. The fourth-order valence-electron chi connectivity index (χ4n) is 2.42. The number of phenolic OH excluding ortho intramolecular Hbond substituents is 1. The monoisotopic (exact) mass is 469 g/mol. The van der Waals surface area contributed by atoms with E-state index in [4.69, 9.17) is 11.6 Å². The summed E-state index contributed by atoms with van der Waals surface area (Å²) in [5.41, 5.74) is 2.08. The van der Waals surface area contributed by atoms with Crippen molar-refractivity contribution in [2.24, 2.45) is 0 Å². The molecule has 0 radical (unpaired) electrons. The molecule has 142 valence electrons. The quantitative estimate of drug-likeness (QED) is 0.454. The van der Waals surface area contributed by atoms with Gasteiger partial charge in [-0.15, -0.1) is 0 Å². The van der Waals surface area contributed by atoms with Crippen molar-refractivity contribution < 1.29 is 9.90 Å². The van der Waals surface area contributed by atoms with E-state index >= 15 is 0 Å². The van der Waals surface area contributed by atoms with Crippen molar-refractivity contribution in [2.45, 2.75) is 20.4 Å². The van der Waals surface area contributed by atoms with Crippen LogP contribution < -0.4 is 10.6 Å². The van der Waals surface area contributed by atoms with Gasteiger partial charge in [0.05, 0.1) is 18.4 Å². The number of phenols is 1. The minimum Gasteiger partial charge on any atom is -0.508 e. The second kappa shape index (κ2) is 8.28. The molecule has 10 heteroatoms. The number of hydrogen-bond acceptors (Lipinski definition) is 6. The highest BCUT2D eigenvalue weighted by Gasteiger charge is 2.16. The van der Waals surface area contributed by atoms with E-state index in [9.17, 15) is 9.90 Å². The summed E-state index contributed by atoms with van der Waals surface area (Å²) in [5.74, 6) is 0.322. The van der Waals surface area contributed by atoms with Crippen LogP contribution in [-0.4, -0.2) is 31.1 Å². The lowest BCUT2D eigenvalue weighted by atomic mass is 10.1. The van der Waals surface area contributed by atoms with Crippen molar-refractivity contribution in [3.8, 4) is 5.75 Å². The molecule has 0 aliphatic heterocycles. The highest BCUT2D eigenvalue weighted by molar-refractivity contribution is 9.09. The van der Waals surface area contributed by atoms with Crippen molar-refractivity contribution in [2.75, 3.05) is 16.0 Å². The summed E-state index contributed by atoms with van der Waals surface area (Å²) in [6.45, 7) is 4.31. The molecule has 0 fully saturated rings. The van der Waals surface area contributed by atoms with Gasteiger partial charge in [-0.05, 0) is 25.5 Å². The van der Waals surface area contributed by atoms with Crippen LogP contribution in [0.4, 0.5) is 16.6 Å². The summed E-state index contributed by atoms with van der Waals surface area (Å²) in [6.07, 6.45) is 3.21. The second-order valence-electron chi connectivity index (χ2n) is 5.79. The van der Waals surface area contributed by atoms with Crippen LogP contribution in [0.15, 0.2) is 24.5 Å². The van der Waals surface area contributed by atoms with E-state index in [1.165, 1.54) is 17.5 Å². The number of hydrogen-bond donors (Lipinski definition) is 3. The molecule has 0 aliphatic carbocycles. The van der Waals surface area contributed by atoms with Gasteiger partial charge in [0.1, 0.15) is 15.6 Å². The Morgan fingerprint density at radius 1 is 1.41 bits per heavy atom. The molecule has 27 heavy (non-hydrogen) atoms. The first kappa shape index (κ1) is 19.7. The molecule has 0 saturated heterocycles. The Morgan fingerprint density at radius 2 is 2.19 bits per heavy atom. The molecule has 3 rings (SSSR count). The number of thiazole rings is 1. The van der Waals surface area contributed by atoms with Crippen LogP contribution in [0.3, 0.4) is 0 Å². The van der Waals surface area contributed by atoms with E-state index in [-0.39, 0.29) is 11.7 Å². The summed E-state index contributed by atoms with van der Waals surface area (Å²) in [6, 6.07) is 3.36. The Hall–Kier alpha value is -2.10. The van der Waals surface area contributed by atoms with E-state index in [1.54, 1.807) is 29.9 Å². The number of nitrogens with zero attached hydrogens (tertiary/aromatic N) is 3. The molecule has 3 aromatic rings. The molecular formula is C17H17BrClN5O2S. The van der Waals surface area contributed by atoms with Crippen molar-refractivity contribution in [3.05, 3.63) is 45.6 Å². The van der Waals surface area contributed by atoms with E-state index < -0.39 is 0 Å². The first-order chi connectivity index (χ1) is 12.9. The van der Waals surface area contributed by atoms with E-state index in [0.717, 1.165) is 10.9 Å². The van der Waals surface area contributed by atoms with Gasteiger partial charge in [-0.1, -0.05) is 44.9 Å². The van der Waals surface area contributed by atoms with Crippen molar-refractivity contribution in [1.82, 2.24) is 14.8 Å². The average molecular weight is 471 g/mol.